The highest BCUT2D eigenvalue weighted by molar-refractivity contribution is 5.78. The molecular weight excluding hydrogens is 1260 g/mol. The second-order valence-electron chi connectivity index (χ2n) is 14.0. The fourth-order valence-electron chi connectivity index (χ4n) is 4.68. The summed E-state index contributed by atoms with van der Waals surface area (Å²) in [4.78, 5) is 10.6. The third kappa shape index (κ3) is 7.64. The van der Waals surface area contributed by atoms with E-state index in [2.05, 4.69) is 0 Å². The number of hydrogen-bond acceptors (Lipinski definition) is 1. The molecule has 0 saturated heterocycles. The van der Waals surface area contributed by atoms with Gasteiger partial charge in [-0.05, 0) is 0 Å². The van der Waals surface area contributed by atoms with Crippen molar-refractivity contribution in [3.05, 3.63) is 0 Å². The minimum absolute atomic E-state index is 6.25. The molecule has 0 aliphatic carbocycles. The third-order valence-corrected chi connectivity index (χ3v) is 9.38. The first-order valence-corrected chi connectivity index (χ1v) is 15.7. The highest BCUT2D eigenvalue weighted by atomic mass is 19.5. The quantitative estimate of drug-likeness (QED) is 0.110. The van der Waals surface area contributed by atoms with Crippen molar-refractivity contribution in [2.75, 3.05) is 0 Å². The first-order valence-electron chi connectivity index (χ1n) is 15.7. The molecule has 0 bridgehead atoms. The zero-order valence-electron chi connectivity index (χ0n) is 31.9. The Morgan fingerprint density at radius 2 is 0.263 bits per heavy atom. The minimum atomic E-state index is -11.4. The Hall–Kier alpha value is -3.96. The predicted octanol–water partition coefficient (Wildman–Crippen LogP) is 15.2. The van der Waals surface area contributed by atoms with Crippen molar-refractivity contribution in [3.63, 3.8) is 0 Å². The molecule has 0 unspecified atom stereocenters. The molecule has 456 valence electrons. The number of hydrogen-bond donors (Lipinski definition) is 1. The zero-order chi connectivity index (χ0) is 63.6. The predicted molar refractivity (Wildman–Crippen MR) is 127 cm³/mol. The summed E-state index contributed by atoms with van der Waals surface area (Å²) in [6, 6.07) is 0. The molecule has 1 N–H and O–H groups in total. The third-order valence-electron chi connectivity index (χ3n) is 9.38. The van der Waals surface area contributed by atoms with Crippen LogP contribution in [0.3, 0.4) is 0 Å². The van der Waals surface area contributed by atoms with Crippen molar-refractivity contribution in [1.29, 1.82) is 0 Å². The van der Waals surface area contributed by atoms with Gasteiger partial charge in [0.1, 0.15) is 0 Å². The van der Waals surface area contributed by atoms with E-state index in [-0.39, 0.29) is 0 Å². The summed E-state index contributed by atoms with van der Waals surface area (Å²) in [7, 11) is 0. The van der Waals surface area contributed by atoms with Crippen LogP contribution in [-0.4, -0.2) is 153 Å². The van der Waals surface area contributed by atoms with Crippen LogP contribution in [0.5, 0.6) is 0 Å². The summed E-state index contributed by atoms with van der Waals surface area (Å²) >= 11 is 0. The Labute approximate surface area is 375 Å². The van der Waals surface area contributed by atoms with E-state index in [1.165, 1.54) is 0 Å². The summed E-state index contributed by atoms with van der Waals surface area (Å²) in [5, 5.41) is 7.98. The summed E-state index contributed by atoms with van der Waals surface area (Å²) in [6.45, 7) is 0. The maximum absolute atomic E-state index is 15.3. The van der Waals surface area contributed by atoms with Crippen LogP contribution in [0.2, 0.25) is 0 Å². The zero-order valence-corrected chi connectivity index (χ0v) is 31.9. The maximum atomic E-state index is 15.3. The molecule has 0 aliphatic heterocycles. The van der Waals surface area contributed by atoms with E-state index < -0.39 is 148 Å². The van der Waals surface area contributed by atoms with Crippen molar-refractivity contribution >= 4 is 5.97 Å². The van der Waals surface area contributed by atoms with E-state index in [9.17, 15) is 216 Å². The molecule has 0 aromatic carbocycles. The lowest BCUT2D eigenvalue weighted by Gasteiger charge is -2.50. The largest absolute Gasteiger partial charge is 0.477 e. The van der Waals surface area contributed by atoms with Crippen molar-refractivity contribution in [1.82, 2.24) is 0 Å². The van der Waals surface area contributed by atoms with E-state index in [1.807, 2.05) is 0 Å². The van der Waals surface area contributed by atoms with Crippen LogP contribution in [-0.2, 0) is 4.79 Å². The summed E-state index contributed by atoms with van der Waals surface area (Å²) in [5.41, 5.74) is -11.4. The molecule has 0 aromatic rings. The van der Waals surface area contributed by atoms with Gasteiger partial charge in [-0.3, -0.25) is 0 Å². The van der Waals surface area contributed by atoms with E-state index >= 15 is 4.39 Å². The highest BCUT2D eigenvalue weighted by Gasteiger charge is 3.06. The fraction of sp³-hybridized carbons (Fsp3) is 0.960. The van der Waals surface area contributed by atoms with Crippen molar-refractivity contribution in [2.24, 2.45) is 0 Å². The standard InChI is InChI=1S/C25HF49O2/c26-2(27,1(75)76)3(28,4(29,30)6(33,34)8(37,38)10(41,42)12(45,46)14(49,50)16(53,54)18(57,58)20(61,62)22(65,66)24(69,70)71)5(31,32)7(35,36)9(39,40)11(43,44)13(47,48)15(51,52)17(55,56)19(59,60)21(63,64)23(67,68)25(72,73)74/h(H,75,76). The first-order chi connectivity index (χ1) is 31.7. The Morgan fingerprint density at radius 1 is 0.171 bits per heavy atom. The topological polar surface area (TPSA) is 37.3 Å². The van der Waals surface area contributed by atoms with E-state index in [1.54, 1.807) is 0 Å². The summed E-state index contributed by atoms with van der Waals surface area (Å²) in [6.07, 6.45) is -17.4. The van der Waals surface area contributed by atoms with Gasteiger partial charge in [0.05, 0.1) is 0 Å². The van der Waals surface area contributed by atoms with Crippen LogP contribution in [0, 0.1) is 0 Å². The average Bonchev–Trinajstić information content (AvgIpc) is 3.17. The van der Waals surface area contributed by atoms with E-state index in [0.29, 0.717) is 0 Å². The lowest BCUT2D eigenvalue weighted by atomic mass is 9.73. The molecule has 0 heterocycles. The van der Waals surface area contributed by atoms with Gasteiger partial charge in [-0.1, -0.05) is 0 Å². The van der Waals surface area contributed by atoms with Crippen LogP contribution < -0.4 is 0 Å². The summed E-state index contributed by atoms with van der Waals surface area (Å²) in [5.74, 6) is -228. The van der Waals surface area contributed by atoms with Crippen molar-refractivity contribution in [3.8, 4) is 0 Å². The monoisotopic (exact) mass is 1260 g/mol. The molecule has 51 heteroatoms. The molecular formula is C25HF49O2. The molecule has 76 heavy (non-hydrogen) atoms. The Balaban J connectivity index is 8.83. The molecule has 0 amide bonds. The molecule has 0 radical (unpaired) electrons. The van der Waals surface area contributed by atoms with Gasteiger partial charge in [-0.2, -0.15) is 211 Å². The lowest BCUT2D eigenvalue weighted by Crippen LogP contribution is -2.84. The van der Waals surface area contributed by atoms with Gasteiger partial charge in [0.25, 0.3) is 0 Å². The van der Waals surface area contributed by atoms with Crippen LogP contribution in [0.4, 0.5) is 215 Å². The van der Waals surface area contributed by atoms with Gasteiger partial charge in [-0.25, -0.2) is 9.18 Å². The number of carboxylic acid groups (broad SMARTS) is 1. The minimum Gasteiger partial charge on any atom is -0.477 e. The van der Waals surface area contributed by atoms with E-state index in [4.69, 9.17) is 5.11 Å². The Morgan fingerprint density at radius 3 is 0.355 bits per heavy atom. The molecule has 0 atom stereocenters. The van der Waals surface area contributed by atoms with Gasteiger partial charge < -0.3 is 5.11 Å². The average molecular weight is 1260 g/mol. The molecule has 0 saturated carbocycles. The molecule has 0 rings (SSSR count). The lowest BCUT2D eigenvalue weighted by molar-refractivity contribution is -0.497. The number of carbonyl (C=O) groups is 1. The molecule has 0 aromatic heterocycles. The fourth-order valence-corrected chi connectivity index (χ4v) is 4.68. The number of alkyl halides is 49. The van der Waals surface area contributed by atoms with Gasteiger partial charge in [-0.15, -0.1) is 0 Å². The van der Waals surface area contributed by atoms with Gasteiger partial charge in [0, 0.05) is 0 Å². The number of halogens is 49. The number of carboxylic acids is 1. The Kier molecular flexibility index (Phi) is 16.1. The molecule has 0 fully saturated rings. The summed E-state index contributed by atoms with van der Waals surface area (Å²) < 4.78 is 674. The second kappa shape index (κ2) is 17.0. The smallest absolute Gasteiger partial charge is 0.460 e. The highest BCUT2D eigenvalue weighted by Crippen LogP contribution is 2.73. The normalized spacial score (nSPS) is 17.4. The first kappa shape index (κ1) is 72.0. The second-order valence-corrected chi connectivity index (χ2v) is 14.0. The van der Waals surface area contributed by atoms with Gasteiger partial charge in [0.15, 0.2) is 0 Å². The van der Waals surface area contributed by atoms with Crippen LogP contribution in [0.15, 0.2) is 0 Å². The van der Waals surface area contributed by atoms with Gasteiger partial charge in [0.2, 0.25) is 0 Å². The number of rotatable bonds is 22. The molecule has 0 aliphatic rings. The molecule has 2 nitrogen and oxygen atoms in total. The number of aliphatic carboxylic acids is 1. The Bertz CT molecular complexity index is 2010. The van der Waals surface area contributed by atoms with Crippen LogP contribution >= 0.6 is 0 Å². The van der Waals surface area contributed by atoms with Crippen molar-refractivity contribution in [2.45, 2.75) is 142 Å². The molecule has 0 spiro atoms. The van der Waals surface area contributed by atoms with E-state index in [0.717, 1.165) is 0 Å². The van der Waals surface area contributed by atoms with Gasteiger partial charge >= 0.3 is 148 Å². The van der Waals surface area contributed by atoms with Crippen LogP contribution in [0.25, 0.3) is 0 Å². The maximum Gasteiger partial charge on any atom is 0.460 e. The SMILES string of the molecule is O=C(O)C(F)(F)C(F)(C(F)(F)C(F)(F)C(F)(F)C(F)(F)C(F)(F)C(F)(F)C(F)(F)C(F)(F)C(F)(F)C(F)(F)C(F)(F)F)C(F)(F)C(F)(F)C(F)(F)C(F)(F)C(F)(F)C(F)(F)C(F)(F)C(F)(F)C(F)(F)C(F)(F)C(F)(F)F. The van der Waals surface area contributed by atoms with Crippen molar-refractivity contribution < 1.29 is 225 Å². The van der Waals surface area contributed by atoms with Crippen LogP contribution in [0.1, 0.15) is 0 Å².